The van der Waals surface area contributed by atoms with E-state index in [-0.39, 0.29) is 6.04 Å². The highest BCUT2D eigenvalue weighted by Crippen LogP contribution is 2.22. The minimum Gasteiger partial charge on any atom is -0.496 e. The van der Waals surface area contributed by atoms with Crippen molar-refractivity contribution in [2.75, 3.05) is 7.11 Å². The number of hydrogen-bond acceptors (Lipinski definition) is 4. The highest BCUT2D eigenvalue weighted by Gasteiger charge is 2.13. The molecule has 0 aliphatic heterocycles. The molecule has 0 saturated carbocycles. The van der Waals surface area contributed by atoms with Crippen LogP contribution in [0.4, 0.5) is 0 Å². The lowest BCUT2D eigenvalue weighted by Crippen LogP contribution is -2.17. The fourth-order valence-electron chi connectivity index (χ4n) is 1.85. The van der Waals surface area contributed by atoms with Crippen molar-refractivity contribution in [3.8, 4) is 5.75 Å². The van der Waals surface area contributed by atoms with Crippen LogP contribution in [0.3, 0.4) is 0 Å². The smallest absolute Gasteiger partial charge is 0.122 e. The Labute approximate surface area is 100 Å². The Morgan fingerprint density at radius 1 is 1.41 bits per heavy atom. The maximum atomic E-state index is 6.14. The number of hydrogen-bond donors (Lipinski definition) is 1. The van der Waals surface area contributed by atoms with E-state index >= 15 is 0 Å². The maximum absolute atomic E-state index is 6.14. The minimum absolute atomic E-state index is 0.133. The topological polar surface area (TPSA) is 66.0 Å². The molecule has 90 valence electrons. The van der Waals surface area contributed by atoms with Crippen molar-refractivity contribution >= 4 is 0 Å². The van der Waals surface area contributed by atoms with E-state index in [1.54, 1.807) is 18.0 Å². The average Bonchev–Trinajstić information content (AvgIpc) is 2.76. The second-order valence-electron chi connectivity index (χ2n) is 3.90. The molecule has 0 saturated heterocycles. The quantitative estimate of drug-likeness (QED) is 0.856. The van der Waals surface area contributed by atoms with Crippen LogP contribution >= 0.6 is 0 Å². The molecule has 17 heavy (non-hydrogen) atoms. The van der Waals surface area contributed by atoms with E-state index in [4.69, 9.17) is 10.5 Å². The van der Waals surface area contributed by atoms with Gasteiger partial charge in [0.25, 0.3) is 0 Å². The van der Waals surface area contributed by atoms with Crippen LogP contribution in [0, 0.1) is 0 Å². The number of para-hydroxylation sites is 1. The van der Waals surface area contributed by atoms with Gasteiger partial charge in [0.15, 0.2) is 0 Å². The third kappa shape index (κ3) is 2.45. The summed E-state index contributed by atoms with van der Waals surface area (Å²) >= 11 is 0. The summed E-state index contributed by atoms with van der Waals surface area (Å²) in [5.74, 6) is 0.859. The van der Waals surface area contributed by atoms with E-state index in [2.05, 4.69) is 10.3 Å². The van der Waals surface area contributed by atoms with Crippen molar-refractivity contribution in [3.05, 3.63) is 41.7 Å². The molecular formula is C12H16N4O. The second kappa shape index (κ2) is 4.97. The molecule has 5 nitrogen and oxygen atoms in total. The Morgan fingerprint density at radius 3 is 2.82 bits per heavy atom. The van der Waals surface area contributed by atoms with E-state index in [9.17, 15) is 0 Å². The number of ether oxygens (including phenoxy) is 1. The molecule has 0 aliphatic rings. The first kappa shape index (κ1) is 11.6. The fourth-order valence-corrected chi connectivity index (χ4v) is 1.85. The summed E-state index contributed by atoms with van der Waals surface area (Å²) in [4.78, 5) is 0. The predicted molar refractivity (Wildman–Crippen MR) is 64.6 cm³/mol. The summed E-state index contributed by atoms with van der Waals surface area (Å²) in [6.07, 6.45) is 2.39. The van der Waals surface area contributed by atoms with Crippen LogP contribution in [0.5, 0.6) is 5.75 Å². The first-order valence-corrected chi connectivity index (χ1v) is 5.44. The largest absolute Gasteiger partial charge is 0.496 e. The third-order valence-corrected chi connectivity index (χ3v) is 2.76. The first-order valence-electron chi connectivity index (χ1n) is 5.44. The molecule has 1 aromatic heterocycles. The lowest BCUT2D eigenvalue weighted by Gasteiger charge is -2.13. The lowest BCUT2D eigenvalue weighted by molar-refractivity contribution is 0.407. The molecular weight excluding hydrogens is 216 g/mol. The van der Waals surface area contributed by atoms with Crippen LogP contribution in [0.2, 0.25) is 0 Å². The lowest BCUT2D eigenvalue weighted by atomic mass is 10.0. The predicted octanol–water partition coefficient (Wildman–Crippen LogP) is 1.07. The van der Waals surface area contributed by atoms with Crippen LogP contribution in [-0.4, -0.2) is 22.1 Å². The molecule has 1 heterocycles. The van der Waals surface area contributed by atoms with Gasteiger partial charge in [-0.3, -0.25) is 4.68 Å². The van der Waals surface area contributed by atoms with Gasteiger partial charge in [0.05, 0.1) is 25.0 Å². The Kier molecular flexibility index (Phi) is 3.39. The van der Waals surface area contributed by atoms with Crippen molar-refractivity contribution in [1.82, 2.24) is 15.0 Å². The highest BCUT2D eigenvalue weighted by molar-refractivity contribution is 5.34. The van der Waals surface area contributed by atoms with Gasteiger partial charge >= 0.3 is 0 Å². The summed E-state index contributed by atoms with van der Waals surface area (Å²) in [5, 5.41) is 7.71. The maximum Gasteiger partial charge on any atom is 0.122 e. The summed E-state index contributed by atoms with van der Waals surface area (Å²) in [6.45, 7) is 0. The summed E-state index contributed by atoms with van der Waals surface area (Å²) in [5.41, 5.74) is 8.14. The van der Waals surface area contributed by atoms with Gasteiger partial charge in [-0.25, -0.2) is 0 Å². The van der Waals surface area contributed by atoms with E-state index in [0.29, 0.717) is 6.42 Å². The van der Waals surface area contributed by atoms with Crippen molar-refractivity contribution in [3.63, 3.8) is 0 Å². The Bertz CT molecular complexity index is 495. The number of rotatable bonds is 4. The number of aryl methyl sites for hydroxylation is 1. The van der Waals surface area contributed by atoms with Gasteiger partial charge < -0.3 is 10.5 Å². The monoisotopic (exact) mass is 232 g/mol. The van der Waals surface area contributed by atoms with Crippen LogP contribution in [0.1, 0.15) is 17.3 Å². The van der Waals surface area contributed by atoms with Crippen molar-refractivity contribution < 1.29 is 4.74 Å². The molecule has 5 heteroatoms. The zero-order valence-corrected chi connectivity index (χ0v) is 10.00. The average molecular weight is 232 g/mol. The molecule has 0 radical (unpaired) electrons. The molecule has 0 aliphatic carbocycles. The Balaban J connectivity index is 2.18. The molecule has 1 aromatic carbocycles. The second-order valence-corrected chi connectivity index (χ2v) is 3.90. The highest BCUT2D eigenvalue weighted by atomic mass is 16.5. The molecule has 2 N–H and O–H groups in total. The van der Waals surface area contributed by atoms with E-state index < -0.39 is 0 Å². The van der Waals surface area contributed by atoms with Gasteiger partial charge in [-0.1, -0.05) is 23.4 Å². The standard InChI is InChI=1S/C12H16N4O/c1-16-11(8-14-15-16)10(13)7-9-5-3-4-6-12(9)17-2/h3-6,8,10H,7,13H2,1-2H3. The van der Waals surface area contributed by atoms with E-state index in [0.717, 1.165) is 17.0 Å². The molecule has 0 fully saturated rings. The summed E-state index contributed by atoms with van der Waals surface area (Å²) in [7, 11) is 3.50. The van der Waals surface area contributed by atoms with Gasteiger partial charge in [0.2, 0.25) is 0 Å². The van der Waals surface area contributed by atoms with Gasteiger partial charge in [-0.2, -0.15) is 0 Å². The summed E-state index contributed by atoms with van der Waals surface area (Å²) < 4.78 is 6.99. The Morgan fingerprint density at radius 2 is 2.18 bits per heavy atom. The van der Waals surface area contributed by atoms with Crippen LogP contribution in [0.25, 0.3) is 0 Å². The molecule has 0 spiro atoms. The molecule has 2 rings (SSSR count). The van der Waals surface area contributed by atoms with Crippen LogP contribution in [-0.2, 0) is 13.5 Å². The van der Waals surface area contributed by atoms with Gasteiger partial charge in [0.1, 0.15) is 5.75 Å². The number of nitrogens with zero attached hydrogens (tertiary/aromatic N) is 3. The first-order chi connectivity index (χ1) is 8.22. The van der Waals surface area contributed by atoms with E-state index in [1.807, 2.05) is 31.3 Å². The van der Waals surface area contributed by atoms with Crippen molar-refractivity contribution in [1.29, 1.82) is 0 Å². The van der Waals surface area contributed by atoms with E-state index in [1.165, 1.54) is 0 Å². The number of aromatic nitrogens is 3. The van der Waals surface area contributed by atoms with Crippen molar-refractivity contribution in [2.24, 2.45) is 12.8 Å². The van der Waals surface area contributed by atoms with Crippen molar-refractivity contribution in [2.45, 2.75) is 12.5 Å². The Hall–Kier alpha value is -1.88. The number of nitrogens with two attached hydrogens (primary N) is 1. The number of benzene rings is 1. The SMILES string of the molecule is COc1ccccc1CC(N)c1cnnn1C. The van der Waals surface area contributed by atoms with Gasteiger partial charge in [-0.05, 0) is 18.1 Å². The zero-order chi connectivity index (χ0) is 12.3. The molecule has 0 bridgehead atoms. The van der Waals surface area contributed by atoms with Gasteiger partial charge in [0, 0.05) is 7.05 Å². The third-order valence-electron chi connectivity index (χ3n) is 2.76. The fraction of sp³-hybridized carbons (Fsp3) is 0.333. The normalized spacial score (nSPS) is 12.4. The summed E-state index contributed by atoms with van der Waals surface area (Å²) in [6, 6.07) is 7.74. The molecule has 0 amide bonds. The zero-order valence-electron chi connectivity index (χ0n) is 10.00. The minimum atomic E-state index is -0.133. The molecule has 1 atom stereocenters. The van der Waals surface area contributed by atoms with Gasteiger partial charge in [-0.15, -0.1) is 5.10 Å². The number of methoxy groups -OCH3 is 1. The molecule has 1 unspecified atom stereocenters. The molecule has 2 aromatic rings. The van der Waals surface area contributed by atoms with Crippen LogP contribution in [0.15, 0.2) is 30.5 Å². The van der Waals surface area contributed by atoms with Crippen LogP contribution < -0.4 is 10.5 Å².